The molecule has 16 heavy (non-hydrogen) atoms. The van der Waals surface area contributed by atoms with Crippen LogP contribution in [0.4, 0.5) is 11.5 Å². The molecular formula is C11H16ClN3O. The minimum atomic E-state index is -0.615. The second kappa shape index (κ2) is 4.47. The van der Waals surface area contributed by atoms with Gasteiger partial charge >= 0.3 is 0 Å². The van der Waals surface area contributed by atoms with E-state index in [4.69, 9.17) is 17.3 Å². The van der Waals surface area contributed by atoms with Crippen molar-refractivity contribution in [2.24, 2.45) is 0 Å². The van der Waals surface area contributed by atoms with Gasteiger partial charge < -0.3 is 16.2 Å². The first kappa shape index (κ1) is 11.5. The SMILES string of the molecule is Nc1ccc(Cl)nc1NCC1(O)CCCC1. The van der Waals surface area contributed by atoms with E-state index in [1.54, 1.807) is 12.1 Å². The van der Waals surface area contributed by atoms with E-state index in [0.29, 0.717) is 23.2 Å². The van der Waals surface area contributed by atoms with Crippen molar-refractivity contribution in [3.63, 3.8) is 0 Å². The van der Waals surface area contributed by atoms with Crippen molar-refractivity contribution in [1.82, 2.24) is 4.98 Å². The fourth-order valence-electron chi connectivity index (χ4n) is 2.05. The van der Waals surface area contributed by atoms with Gasteiger partial charge in [-0.3, -0.25) is 0 Å². The highest BCUT2D eigenvalue weighted by molar-refractivity contribution is 6.29. The molecule has 1 fully saturated rings. The number of aliphatic hydroxyl groups is 1. The number of aromatic nitrogens is 1. The zero-order valence-corrected chi connectivity index (χ0v) is 9.80. The van der Waals surface area contributed by atoms with E-state index < -0.39 is 5.60 Å². The molecule has 0 saturated heterocycles. The van der Waals surface area contributed by atoms with Crippen molar-refractivity contribution in [3.8, 4) is 0 Å². The number of nitrogens with two attached hydrogens (primary N) is 1. The smallest absolute Gasteiger partial charge is 0.151 e. The van der Waals surface area contributed by atoms with E-state index in [1.807, 2.05) is 0 Å². The van der Waals surface area contributed by atoms with Crippen molar-refractivity contribution in [1.29, 1.82) is 0 Å². The number of hydrogen-bond acceptors (Lipinski definition) is 4. The summed E-state index contributed by atoms with van der Waals surface area (Å²) in [7, 11) is 0. The molecule has 1 aliphatic carbocycles. The molecule has 0 spiro atoms. The lowest BCUT2D eigenvalue weighted by atomic mass is 10.0. The maximum atomic E-state index is 10.1. The van der Waals surface area contributed by atoms with Gasteiger partial charge in [0.2, 0.25) is 0 Å². The Morgan fingerprint density at radius 3 is 2.81 bits per heavy atom. The number of nitrogens with zero attached hydrogens (tertiary/aromatic N) is 1. The van der Waals surface area contributed by atoms with E-state index in [0.717, 1.165) is 25.7 Å². The summed E-state index contributed by atoms with van der Waals surface area (Å²) in [5.74, 6) is 0.549. The molecular weight excluding hydrogens is 226 g/mol. The predicted octanol–water partition coefficient (Wildman–Crippen LogP) is 2.03. The summed E-state index contributed by atoms with van der Waals surface area (Å²) >= 11 is 5.78. The molecule has 0 aromatic carbocycles. The molecule has 0 amide bonds. The second-order valence-electron chi connectivity index (χ2n) is 4.36. The molecule has 5 heteroatoms. The van der Waals surface area contributed by atoms with Crippen LogP contribution in [0, 0.1) is 0 Å². The molecule has 1 aromatic rings. The molecule has 1 aliphatic rings. The molecule has 0 radical (unpaired) electrons. The van der Waals surface area contributed by atoms with Crippen LogP contribution in [0.1, 0.15) is 25.7 Å². The van der Waals surface area contributed by atoms with Crippen molar-refractivity contribution in [3.05, 3.63) is 17.3 Å². The highest BCUT2D eigenvalue weighted by atomic mass is 35.5. The van der Waals surface area contributed by atoms with E-state index in [2.05, 4.69) is 10.3 Å². The number of halogens is 1. The summed E-state index contributed by atoms with van der Waals surface area (Å²) < 4.78 is 0. The first-order valence-electron chi connectivity index (χ1n) is 5.47. The third-order valence-corrected chi connectivity index (χ3v) is 3.22. The van der Waals surface area contributed by atoms with Crippen LogP contribution in [0.3, 0.4) is 0 Å². The van der Waals surface area contributed by atoms with Crippen LogP contribution < -0.4 is 11.1 Å². The number of hydrogen-bond donors (Lipinski definition) is 3. The number of nitrogens with one attached hydrogen (secondary N) is 1. The van der Waals surface area contributed by atoms with Crippen LogP contribution >= 0.6 is 11.6 Å². The minimum absolute atomic E-state index is 0.398. The Morgan fingerprint density at radius 1 is 1.44 bits per heavy atom. The summed E-state index contributed by atoms with van der Waals surface area (Å²) in [6.45, 7) is 0.477. The Bertz CT molecular complexity index is 377. The molecule has 4 nitrogen and oxygen atoms in total. The van der Waals surface area contributed by atoms with Gasteiger partial charge in [-0.1, -0.05) is 24.4 Å². The fourth-order valence-corrected chi connectivity index (χ4v) is 2.19. The Labute approximate surface area is 99.8 Å². The average Bonchev–Trinajstić information content (AvgIpc) is 2.67. The zero-order chi connectivity index (χ0) is 11.6. The maximum Gasteiger partial charge on any atom is 0.151 e. The molecule has 0 bridgehead atoms. The summed E-state index contributed by atoms with van der Waals surface area (Å²) in [6.07, 6.45) is 3.83. The van der Waals surface area contributed by atoms with Gasteiger partial charge in [-0.25, -0.2) is 4.98 Å². The van der Waals surface area contributed by atoms with Crippen LogP contribution in [0.5, 0.6) is 0 Å². The molecule has 0 unspecified atom stereocenters. The molecule has 2 rings (SSSR count). The lowest BCUT2D eigenvalue weighted by molar-refractivity contribution is 0.0614. The van der Waals surface area contributed by atoms with E-state index >= 15 is 0 Å². The topological polar surface area (TPSA) is 71.2 Å². The van der Waals surface area contributed by atoms with Crippen LogP contribution in [0.15, 0.2) is 12.1 Å². The molecule has 0 aliphatic heterocycles. The van der Waals surface area contributed by atoms with Gasteiger partial charge in [-0.05, 0) is 25.0 Å². The van der Waals surface area contributed by atoms with Gasteiger partial charge in [0.1, 0.15) is 5.15 Å². The Kier molecular flexibility index (Phi) is 3.21. The third-order valence-electron chi connectivity index (χ3n) is 3.01. The highest BCUT2D eigenvalue weighted by Gasteiger charge is 2.30. The van der Waals surface area contributed by atoms with Gasteiger partial charge in [-0.2, -0.15) is 0 Å². The van der Waals surface area contributed by atoms with E-state index in [-0.39, 0.29) is 0 Å². The van der Waals surface area contributed by atoms with Gasteiger partial charge in [0.25, 0.3) is 0 Å². The highest BCUT2D eigenvalue weighted by Crippen LogP contribution is 2.30. The Balaban J connectivity index is 2.01. The lowest BCUT2D eigenvalue weighted by Gasteiger charge is -2.23. The summed E-state index contributed by atoms with van der Waals surface area (Å²) in [5, 5.41) is 13.6. The quantitative estimate of drug-likeness (QED) is 0.709. The molecule has 1 heterocycles. The normalized spacial score (nSPS) is 18.6. The maximum absolute atomic E-state index is 10.1. The molecule has 4 N–H and O–H groups in total. The van der Waals surface area contributed by atoms with Gasteiger partial charge in [-0.15, -0.1) is 0 Å². The number of anilines is 2. The van der Waals surface area contributed by atoms with Crippen molar-refractivity contribution in [2.75, 3.05) is 17.6 Å². The van der Waals surface area contributed by atoms with Crippen LogP contribution in [-0.4, -0.2) is 22.2 Å². The van der Waals surface area contributed by atoms with Crippen molar-refractivity contribution in [2.45, 2.75) is 31.3 Å². The zero-order valence-electron chi connectivity index (χ0n) is 9.04. The standard InChI is InChI=1S/C11H16ClN3O/c12-9-4-3-8(13)10(15-9)14-7-11(16)5-1-2-6-11/h3-4,16H,1-2,5-7,13H2,(H,14,15). The first-order valence-corrected chi connectivity index (χ1v) is 5.85. The minimum Gasteiger partial charge on any atom is -0.396 e. The monoisotopic (exact) mass is 241 g/mol. The van der Waals surface area contributed by atoms with Crippen molar-refractivity contribution < 1.29 is 5.11 Å². The average molecular weight is 242 g/mol. The van der Waals surface area contributed by atoms with Gasteiger partial charge in [0.15, 0.2) is 5.82 Å². The molecule has 1 saturated carbocycles. The number of pyridine rings is 1. The largest absolute Gasteiger partial charge is 0.396 e. The summed E-state index contributed by atoms with van der Waals surface area (Å²) in [4.78, 5) is 4.08. The van der Waals surface area contributed by atoms with E-state index in [9.17, 15) is 5.11 Å². The third kappa shape index (κ3) is 2.57. The fraction of sp³-hybridized carbons (Fsp3) is 0.545. The molecule has 88 valence electrons. The number of nitrogen functional groups attached to an aromatic ring is 1. The Morgan fingerprint density at radius 2 is 2.12 bits per heavy atom. The van der Waals surface area contributed by atoms with Gasteiger partial charge in [0, 0.05) is 6.54 Å². The van der Waals surface area contributed by atoms with Crippen molar-refractivity contribution >= 4 is 23.1 Å². The lowest BCUT2D eigenvalue weighted by Crippen LogP contribution is -2.33. The second-order valence-corrected chi connectivity index (χ2v) is 4.74. The van der Waals surface area contributed by atoms with Crippen LogP contribution in [-0.2, 0) is 0 Å². The van der Waals surface area contributed by atoms with Gasteiger partial charge in [0.05, 0.1) is 11.3 Å². The summed E-state index contributed by atoms with van der Waals surface area (Å²) in [5.41, 5.74) is 5.68. The first-order chi connectivity index (χ1) is 7.59. The van der Waals surface area contributed by atoms with Crippen LogP contribution in [0.2, 0.25) is 5.15 Å². The number of rotatable bonds is 3. The molecule has 0 atom stereocenters. The van der Waals surface area contributed by atoms with E-state index in [1.165, 1.54) is 0 Å². The predicted molar refractivity (Wildman–Crippen MR) is 65.6 cm³/mol. The Hall–Kier alpha value is -1.00. The van der Waals surface area contributed by atoms with Crippen LogP contribution in [0.25, 0.3) is 0 Å². The molecule has 1 aromatic heterocycles. The summed E-state index contributed by atoms with van der Waals surface area (Å²) in [6, 6.07) is 3.35.